The number of carbonyl (C=O) groups is 1. The lowest BCUT2D eigenvalue weighted by Crippen LogP contribution is -2.50. The summed E-state index contributed by atoms with van der Waals surface area (Å²) >= 11 is 0. The van der Waals surface area contributed by atoms with Crippen LogP contribution in [0.25, 0.3) is 0 Å². The number of nitrogens with one attached hydrogen (secondary N) is 2. The van der Waals surface area contributed by atoms with E-state index in [2.05, 4.69) is 17.6 Å². The van der Waals surface area contributed by atoms with Crippen LogP contribution in [0, 0.1) is 0 Å². The summed E-state index contributed by atoms with van der Waals surface area (Å²) in [4.78, 5) is 11.0. The standard InChI is InChI=1S/C9H18N2O2/c1-7-9(2,4-5-13-7)11-6-8(12)10-3/h7,11H,4-6H2,1-3H3,(H,10,12). The van der Waals surface area contributed by atoms with E-state index in [1.165, 1.54) is 0 Å². The van der Waals surface area contributed by atoms with Gasteiger partial charge in [0.25, 0.3) is 0 Å². The molecule has 76 valence electrons. The molecular weight excluding hydrogens is 168 g/mol. The molecule has 0 spiro atoms. The molecule has 2 N–H and O–H groups in total. The zero-order valence-electron chi connectivity index (χ0n) is 8.52. The molecule has 2 atom stereocenters. The summed E-state index contributed by atoms with van der Waals surface area (Å²) in [6.07, 6.45) is 1.14. The number of rotatable bonds is 3. The maximum absolute atomic E-state index is 11.0. The smallest absolute Gasteiger partial charge is 0.233 e. The summed E-state index contributed by atoms with van der Waals surface area (Å²) in [6, 6.07) is 0. The zero-order valence-corrected chi connectivity index (χ0v) is 8.52. The van der Waals surface area contributed by atoms with Crippen molar-refractivity contribution in [2.45, 2.75) is 31.9 Å². The maximum Gasteiger partial charge on any atom is 0.233 e. The molecule has 4 heteroatoms. The first-order chi connectivity index (χ1) is 6.08. The van der Waals surface area contributed by atoms with Gasteiger partial charge in [-0.15, -0.1) is 0 Å². The topological polar surface area (TPSA) is 50.4 Å². The van der Waals surface area contributed by atoms with Gasteiger partial charge >= 0.3 is 0 Å². The van der Waals surface area contributed by atoms with Crippen LogP contribution < -0.4 is 10.6 Å². The monoisotopic (exact) mass is 186 g/mol. The summed E-state index contributed by atoms with van der Waals surface area (Å²) in [5, 5.41) is 5.80. The Labute approximate surface area is 79.0 Å². The van der Waals surface area contributed by atoms with Crippen LogP contribution >= 0.6 is 0 Å². The highest BCUT2D eigenvalue weighted by Crippen LogP contribution is 2.24. The molecule has 1 aliphatic rings. The van der Waals surface area contributed by atoms with Gasteiger partial charge in [0.1, 0.15) is 0 Å². The second-order valence-corrected chi connectivity index (χ2v) is 3.71. The molecule has 1 heterocycles. The first-order valence-electron chi connectivity index (χ1n) is 4.66. The first-order valence-corrected chi connectivity index (χ1v) is 4.66. The third kappa shape index (κ3) is 2.42. The van der Waals surface area contributed by atoms with Gasteiger partial charge < -0.3 is 15.4 Å². The number of carbonyl (C=O) groups excluding carboxylic acids is 1. The van der Waals surface area contributed by atoms with Gasteiger partial charge in [0, 0.05) is 19.2 Å². The molecule has 1 fully saturated rings. The highest BCUT2D eigenvalue weighted by molar-refractivity contribution is 5.77. The largest absolute Gasteiger partial charge is 0.377 e. The minimum atomic E-state index is -0.0491. The fraction of sp³-hybridized carbons (Fsp3) is 0.889. The van der Waals surface area contributed by atoms with Crippen molar-refractivity contribution in [1.29, 1.82) is 0 Å². The number of hydrogen-bond acceptors (Lipinski definition) is 3. The quantitative estimate of drug-likeness (QED) is 0.646. The van der Waals surface area contributed by atoms with E-state index in [1.54, 1.807) is 7.05 Å². The van der Waals surface area contributed by atoms with E-state index in [0.717, 1.165) is 13.0 Å². The summed E-state index contributed by atoms with van der Waals surface area (Å²) in [7, 11) is 1.64. The minimum Gasteiger partial charge on any atom is -0.377 e. The summed E-state index contributed by atoms with van der Waals surface area (Å²) in [5.41, 5.74) is -0.0491. The predicted molar refractivity (Wildman–Crippen MR) is 50.5 cm³/mol. The Morgan fingerprint density at radius 2 is 2.38 bits per heavy atom. The molecule has 0 aromatic carbocycles. The molecular formula is C9H18N2O2. The van der Waals surface area contributed by atoms with E-state index < -0.39 is 0 Å². The maximum atomic E-state index is 11.0. The third-order valence-corrected chi connectivity index (χ3v) is 2.82. The Bertz CT molecular complexity index is 196. The van der Waals surface area contributed by atoms with Crippen molar-refractivity contribution >= 4 is 5.91 Å². The van der Waals surface area contributed by atoms with Crippen LogP contribution in [0.1, 0.15) is 20.3 Å². The van der Waals surface area contributed by atoms with Gasteiger partial charge in [0.2, 0.25) is 5.91 Å². The number of hydrogen-bond donors (Lipinski definition) is 2. The average molecular weight is 186 g/mol. The first kappa shape index (κ1) is 10.5. The number of likely N-dealkylation sites (N-methyl/N-ethyl adjacent to an activating group) is 1. The molecule has 2 unspecified atom stereocenters. The van der Waals surface area contributed by atoms with Crippen LogP contribution in [0.15, 0.2) is 0 Å². The van der Waals surface area contributed by atoms with E-state index in [-0.39, 0.29) is 17.6 Å². The van der Waals surface area contributed by atoms with E-state index in [4.69, 9.17) is 4.74 Å². The highest BCUT2D eigenvalue weighted by Gasteiger charge is 2.36. The van der Waals surface area contributed by atoms with Gasteiger partial charge in [0.15, 0.2) is 0 Å². The number of ether oxygens (including phenoxy) is 1. The van der Waals surface area contributed by atoms with Gasteiger partial charge in [-0.3, -0.25) is 4.79 Å². The molecule has 0 saturated carbocycles. The molecule has 1 saturated heterocycles. The van der Waals surface area contributed by atoms with Crippen LogP contribution in [0.5, 0.6) is 0 Å². The van der Waals surface area contributed by atoms with Crippen LogP contribution in [-0.2, 0) is 9.53 Å². The van der Waals surface area contributed by atoms with Gasteiger partial charge in [-0.2, -0.15) is 0 Å². The van der Waals surface area contributed by atoms with E-state index in [0.29, 0.717) is 6.54 Å². The fourth-order valence-electron chi connectivity index (χ4n) is 1.44. The summed E-state index contributed by atoms with van der Waals surface area (Å²) in [6.45, 7) is 5.26. The normalized spacial score (nSPS) is 33.3. The molecule has 13 heavy (non-hydrogen) atoms. The molecule has 1 aliphatic heterocycles. The number of amides is 1. The van der Waals surface area contributed by atoms with Crippen molar-refractivity contribution in [1.82, 2.24) is 10.6 Å². The fourth-order valence-corrected chi connectivity index (χ4v) is 1.44. The summed E-state index contributed by atoms with van der Waals surface area (Å²) < 4.78 is 5.44. The van der Waals surface area contributed by atoms with Gasteiger partial charge in [-0.05, 0) is 20.3 Å². The molecule has 4 nitrogen and oxygen atoms in total. The molecule has 1 amide bonds. The molecule has 0 aromatic heterocycles. The second-order valence-electron chi connectivity index (χ2n) is 3.71. The van der Waals surface area contributed by atoms with Crippen molar-refractivity contribution < 1.29 is 9.53 Å². The Morgan fingerprint density at radius 3 is 2.85 bits per heavy atom. The molecule has 0 radical (unpaired) electrons. The Morgan fingerprint density at radius 1 is 1.69 bits per heavy atom. The van der Waals surface area contributed by atoms with Crippen molar-refractivity contribution in [3.63, 3.8) is 0 Å². The lowest BCUT2D eigenvalue weighted by molar-refractivity contribution is -0.120. The predicted octanol–water partition coefficient (Wildman–Crippen LogP) is -0.111. The summed E-state index contributed by atoms with van der Waals surface area (Å²) in [5.74, 6) is 0.0142. The Balaban J connectivity index is 2.38. The van der Waals surface area contributed by atoms with Crippen molar-refractivity contribution in [2.75, 3.05) is 20.2 Å². The van der Waals surface area contributed by atoms with Crippen LogP contribution in [0.4, 0.5) is 0 Å². The average Bonchev–Trinajstić information content (AvgIpc) is 2.44. The lowest BCUT2D eigenvalue weighted by Gasteiger charge is -2.28. The van der Waals surface area contributed by atoms with Crippen molar-refractivity contribution in [3.8, 4) is 0 Å². The van der Waals surface area contributed by atoms with Crippen molar-refractivity contribution in [2.24, 2.45) is 0 Å². The van der Waals surface area contributed by atoms with Gasteiger partial charge in [0.05, 0.1) is 12.6 Å². The highest BCUT2D eigenvalue weighted by atomic mass is 16.5. The van der Waals surface area contributed by atoms with Crippen molar-refractivity contribution in [3.05, 3.63) is 0 Å². The minimum absolute atomic E-state index is 0.0142. The molecule has 0 aliphatic carbocycles. The van der Waals surface area contributed by atoms with E-state index >= 15 is 0 Å². The molecule has 1 rings (SSSR count). The van der Waals surface area contributed by atoms with Gasteiger partial charge in [-0.25, -0.2) is 0 Å². The van der Waals surface area contributed by atoms with E-state index in [9.17, 15) is 4.79 Å². The van der Waals surface area contributed by atoms with Crippen LogP contribution in [0.3, 0.4) is 0 Å². The Hall–Kier alpha value is -0.610. The molecule has 0 aromatic rings. The second kappa shape index (κ2) is 4.07. The van der Waals surface area contributed by atoms with Crippen LogP contribution in [-0.4, -0.2) is 37.7 Å². The lowest BCUT2D eigenvalue weighted by atomic mass is 9.95. The van der Waals surface area contributed by atoms with E-state index in [1.807, 2.05) is 6.92 Å². The Kier molecular flexibility index (Phi) is 3.27. The van der Waals surface area contributed by atoms with Gasteiger partial charge in [-0.1, -0.05) is 0 Å². The zero-order chi connectivity index (χ0) is 9.90. The van der Waals surface area contributed by atoms with Crippen LogP contribution in [0.2, 0.25) is 0 Å². The molecule has 0 bridgehead atoms. The third-order valence-electron chi connectivity index (χ3n) is 2.82. The SMILES string of the molecule is CNC(=O)CNC1(C)CCOC1C.